The van der Waals surface area contributed by atoms with Crippen molar-refractivity contribution in [2.24, 2.45) is 0 Å². The molecule has 0 N–H and O–H groups in total. The maximum Gasteiger partial charge on any atom is 0.343 e. The van der Waals surface area contributed by atoms with Gasteiger partial charge < -0.3 is 23.7 Å². The number of nitrogens with zero attached hydrogens (tertiary/aromatic N) is 1. The van der Waals surface area contributed by atoms with Crippen molar-refractivity contribution >= 4 is 16.9 Å². The fourth-order valence-corrected chi connectivity index (χ4v) is 4.20. The lowest BCUT2D eigenvalue weighted by molar-refractivity contribution is -0.142. The average Bonchev–Trinajstić information content (AvgIpc) is 3.21. The Labute approximate surface area is 211 Å². The molecule has 0 saturated carbocycles. The summed E-state index contributed by atoms with van der Waals surface area (Å²) in [6, 6.07) is 23.7. The predicted octanol–water partition coefficient (Wildman–Crippen LogP) is 5.48. The Balaban J connectivity index is 1.55. The molecule has 0 saturated heterocycles. The maximum atomic E-state index is 11.3. The van der Waals surface area contributed by atoms with Crippen molar-refractivity contribution in [1.82, 2.24) is 4.57 Å². The van der Waals surface area contributed by atoms with Crippen LogP contribution >= 0.6 is 0 Å². The van der Waals surface area contributed by atoms with Crippen LogP contribution in [0.15, 0.2) is 72.8 Å². The number of hydrogen-bond acceptors (Lipinski definition) is 6. The second-order valence-electron chi connectivity index (χ2n) is 8.36. The van der Waals surface area contributed by atoms with Gasteiger partial charge in [-0.2, -0.15) is 0 Å². The molecule has 0 amide bonds. The van der Waals surface area contributed by atoms with Crippen LogP contribution in [-0.2, 0) is 27.3 Å². The fraction of sp³-hybridized carbons (Fsp3) is 0.276. The first-order valence-electron chi connectivity index (χ1n) is 11.7. The van der Waals surface area contributed by atoms with Crippen LogP contribution in [0.4, 0.5) is 0 Å². The van der Waals surface area contributed by atoms with E-state index in [1.807, 2.05) is 79.7 Å². The lowest BCUT2D eigenvalue weighted by Gasteiger charge is -2.21. The van der Waals surface area contributed by atoms with Crippen molar-refractivity contribution in [3.8, 4) is 17.4 Å². The molecule has 188 valence electrons. The Morgan fingerprint density at radius 3 is 2.25 bits per heavy atom. The number of aryl methyl sites for hydroxylation is 1. The highest BCUT2D eigenvalue weighted by atomic mass is 16.6. The molecular formula is C29H31NO6. The molecular weight excluding hydrogens is 458 g/mol. The summed E-state index contributed by atoms with van der Waals surface area (Å²) >= 11 is 0. The molecule has 7 nitrogen and oxygen atoms in total. The third kappa shape index (κ3) is 5.63. The van der Waals surface area contributed by atoms with Crippen LogP contribution in [0.25, 0.3) is 10.9 Å². The largest absolute Gasteiger partial charge is 0.489 e. The zero-order valence-electron chi connectivity index (χ0n) is 21.0. The molecule has 0 bridgehead atoms. The van der Waals surface area contributed by atoms with Gasteiger partial charge >= 0.3 is 5.97 Å². The highest BCUT2D eigenvalue weighted by Crippen LogP contribution is 2.37. The minimum atomic E-state index is -0.422. The van der Waals surface area contributed by atoms with E-state index < -0.39 is 5.97 Å². The number of benzene rings is 3. The summed E-state index contributed by atoms with van der Waals surface area (Å²) in [4.78, 5) is 11.3. The zero-order valence-corrected chi connectivity index (χ0v) is 21.0. The van der Waals surface area contributed by atoms with E-state index >= 15 is 0 Å². The van der Waals surface area contributed by atoms with Gasteiger partial charge in [0, 0.05) is 24.5 Å². The van der Waals surface area contributed by atoms with Gasteiger partial charge in [0.25, 0.3) is 0 Å². The summed E-state index contributed by atoms with van der Waals surface area (Å²) in [6.07, 6.45) is 0.314. The first-order valence-corrected chi connectivity index (χ1v) is 11.7. The Morgan fingerprint density at radius 1 is 0.861 bits per heavy atom. The van der Waals surface area contributed by atoms with Crippen molar-refractivity contribution in [1.29, 1.82) is 0 Å². The number of hydrogen-bond donors (Lipinski definition) is 0. The van der Waals surface area contributed by atoms with Gasteiger partial charge in [0.2, 0.25) is 0 Å². The van der Waals surface area contributed by atoms with Crippen LogP contribution in [0.3, 0.4) is 0 Å². The van der Waals surface area contributed by atoms with Crippen molar-refractivity contribution in [3.63, 3.8) is 0 Å². The number of methoxy groups -OCH3 is 3. The lowest BCUT2D eigenvalue weighted by Crippen LogP contribution is -2.15. The average molecular weight is 490 g/mol. The molecule has 1 unspecified atom stereocenters. The number of carbonyl (C=O) groups excluding carboxylic acids is 1. The topological polar surface area (TPSA) is 68.2 Å². The Hall–Kier alpha value is -3.97. The van der Waals surface area contributed by atoms with Crippen molar-refractivity contribution < 1.29 is 28.5 Å². The standard InChI is InChI=1S/C29H31NO6/c1-20-25-17-24(35-18-22-8-6-5-7-9-22)14-15-26(25)30(29(20)34-4)27(32-2)16-21-10-12-23(13-11-21)36-19-28(31)33-3/h5-15,17,27H,16,18-19H2,1-4H3. The van der Waals surface area contributed by atoms with E-state index in [4.69, 9.17) is 18.9 Å². The fourth-order valence-electron chi connectivity index (χ4n) is 4.20. The highest BCUT2D eigenvalue weighted by Gasteiger charge is 2.22. The third-order valence-electron chi connectivity index (χ3n) is 6.09. The molecule has 0 aliphatic heterocycles. The third-order valence-corrected chi connectivity index (χ3v) is 6.09. The van der Waals surface area contributed by atoms with Gasteiger partial charge in [-0.1, -0.05) is 42.5 Å². The SMILES string of the molecule is COC(=O)COc1ccc(CC(OC)n2c(OC)c(C)c3cc(OCc4ccccc4)ccc32)cc1. The summed E-state index contributed by atoms with van der Waals surface area (Å²) in [6.45, 7) is 2.42. The summed E-state index contributed by atoms with van der Waals surface area (Å²) in [5.41, 5.74) is 4.19. The van der Waals surface area contributed by atoms with Gasteiger partial charge in [0.1, 0.15) is 24.3 Å². The quantitative estimate of drug-likeness (QED) is 0.260. The van der Waals surface area contributed by atoms with Crippen LogP contribution in [0.1, 0.15) is 22.9 Å². The summed E-state index contributed by atoms with van der Waals surface area (Å²) in [7, 11) is 4.69. The molecule has 0 fully saturated rings. The molecule has 1 aromatic heterocycles. The Kier molecular flexibility index (Phi) is 8.13. The predicted molar refractivity (Wildman–Crippen MR) is 138 cm³/mol. The molecule has 7 heteroatoms. The number of ether oxygens (including phenoxy) is 5. The molecule has 1 atom stereocenters. The van der Waals surface area contributed by atoms with Gasteiger partial charge in [0.15, 0.2) is 12.5 Å². The van der Waals surface area contributed by atoms with Gasteiger partial charge in [-0.25, -0.2) is 4.79 Å². The van der Waals surface area contributed by atoms with Crippen molar-refractivity contribution in [3.05, 3.63) is 89.5 Å². The molecule has 3 aromatic carbocycles. The van der Waals surface area contributed by atoms with Gasteiger partial charge in [0.05, 0.1) is 19.7 Å². The second kappa shape index (κ2) is 11.6. The number of rotatable bonds is 11. The maximum absolute atomic E-state index is 11.3. The molecule has 4 aromatic rings. The van der Waals surface area contributed by atoms with Crippen LogP contribution in [0.2, 0.25) is 0 Å². The van der Waals surface area contributed by atoms with Gasteiger partial charge in [-0.05, 0) is 48.4 Å². The van der Waals surface area contributed by atoms with E-state index in [9.17, 15) is 4.79 Å². The minimum Gasteiger partial charge on any atom is -0.489 e. The van der Waals surface area contributed by atoms with E-state index in [-0.39, 0.29) is 12.8 Å². The first-order chi connectivity index (χ1) is 17.5. The number of aromatic nitrogens is 1. The van der Waals surface area contributed by atoms with Crippen LogP contribution in [0.5, 0.6) is 17.4 Å². The number of carbonyl (C=O) groups is 1. The van der Waals surface area contributed by atoms with Crippen LogP contribution in [0, 0.1) is 6.92 Å². The minimum absolute atomic E-state index is 0.126. The van der Waals surface area contributed by atoms with E-state index in [0.29, 0.717) is 18.8 Å². The molecule has 0 spiro atoms. The summed E-state index contributed by atoms with van der Waals surface area (Å²) < 4.78 is 29.9. The monoisotopic (exact) mass is 489 g/mol. The Bertz CT molecular complexity index is 1300. The van der Waals surface area contributed by atoms with Gasteiger partial charge in [-0.15, -0.1) is 0 Å². The number of esters is 1. The summed E-state index contributed by atoms with van der Waals surface area (Å²) in [5, 5.41) is 1.05. The van der Waals surface area contributed by atoms with E-state index in [0.717, 1.165) is 39.2 Å². The smallest absolute Gasteiger partial charge is 0.343 e. The lowest BCUT2D eigenvalue weighted by atomic mass is 10.1. The molecule has 1 heterocycles. The van der Waals surface area contributed by atoms with E-state index in [2.05, 4.69) is 9.30 Å². The first kappa shape index (κ1) is 25.1. The molecule has 0 radical (unpaired) electrons. The van der Waals surface area contributed by atoms with Crippen molar-refractivity contribution in [2.75, 3.05) is 27.9 Å². The molecule has 0 aliphatic rings. The summed E-state index contributed by atoms with van der Waals surface area (Å²) in [5.74, 6) is 1.72. The molecule has 36 heavy (non-hydrogen) atoms. The Morgan fingerprint density at radius 2 is 1.58 bits per heavy atom. The number of fused-ring (bicyclic) bond motifs is 1. The van der Waals surface area contributed by atoms with Crippen molar-refractivity contribution in [2.45, 2.75) is 26.2 Å². The highest BCUT2D eigenvalue weighted by molar-refractivity contribution is 5.88. The van der Waals surface area contributed by atoms with Gasteiger partial charge in [-0.3, -0.25) is 4.57 Å². The van der Waals surface area contributed by atoms with E-state index in [1.54, 1.807) is 14.2 Å². The normalized spacial score (nSPS) is 11.8. The molecule has 0 aliphatic carbocycles. The van der Waals surface area contributed by atoms with E-state index in [1.165, 1.54) is 7.11 Å². The zero-order chi connectivity index (χ0) is 25.5. The van der Waals surface area contributed by atoms with Crippen LogP contribution in [-0.4, -0.2) is 38.5 Å². The molecule has 4 rings (SSSR count). The second-order valence-corrected chi connectivity index (χ2v) is 8.36. The van der Waals surface area contributed by atoms with Crippen LogP contribution < -0.4 is 14.2 Å².